The van der Waals surface area contributed by atoms with Crippen LogP contribution >= 0.6 is 0 Å². The van der Waals surface area contributed by atoms with Crippen LogP contribution in [0.1, 0.15) is 194 Å². The van der Waals surface area contributed by atoms with Crippen molar-refractivity contribution in [2.45, 2.75) is 233 Å². The van der Waals surface area contributed by atoms with Crippen LogP contribution in [0.5, 0.6) is 0 Å². The van der Waals surface area contributed by atoms with Crippen LogP contribution in [-0.2, 0) is 24.4 Å². The van der Waals surface area contributed by atoms with Gasteiger partial charge in [0.05, 0.1) is 5.25 Å². The summed E-state index contributed by atoms with van der Waals surface area (Å²) < 4.78 is 25.3. The second-order valence-corrected chi connectivity index (χ2v) is 24.8. The van der Waals surface area contributed by atoms with Gasteiger partial charge in [-0.1, -0.05) is 96.9 Å². The number of hydrogen-bond acceptors (Lipinski definition) is 6. The van der Waals surface area contributed by atoms with E-state index < -0.39 is 10.0 Å². The Balaban J connectivity index is -0.000000215. The molecule has 0 rings (SSSR count). The summed E-state index contributed by atoms with van der Waals surface area (Å²) in [6.07, 6.45) is 0. The van der Waals surface area contributed by atoms with Gasteiger partial charge in [0, 0.05) is 80.2 Å². The van der Waals surface area contributed by atoms with Crippen LogP contribution in [0.25, 0.3) is 0 Å². The summed E-state index contributed by atoms with van der Waals surface area (Å²) in [5.41, 5.74) is -0.125. The maximum Gasteiger partial charge on any atom is 0.225 e. The highest BCUT2D eigenvalue weighted by Gasteiger charge is 2.37. The molecule has 11 heteroatoms. The second-order valence-electron chi connectivity index (χ2n) is 22.3. The van der Waals surface area contributed by atoms with Crippen LogP contribution in [0.2, 0.25) is 0 Å². The topological polar surface area (TPSA) is 102 Å². The van der Waals surface area contributed by atoms with E-state index in [1.165, 1.54) is 4.31 Å². The van der Waals surface area contributed by atoms with E-state index in [4.69, 9.17) is 0 Å². The first-order valence-electron chi connectivity index (χ1n) is 23.2. The molecule has 0 saturated heterocycles. The Labute approximate surface area is 383 Å². The third kappa shape index (κ3) is 22.6. The fourth-order valence-corrected chi connectivity index (χ4v) is 6.36. The molecule has 370 valence electrons. The average molecular weight is 893 g/mol. The largest absolute Gasteiger partial charge is 0.343 e. The van der Waals surface area contributed by atoms with Gasteiger partial charge >= 0.3 is 0 Å². The summed E-state index contributed by atoms with van der Waals surface area (Å²) in [7, 11) is 6.34. The molecule has 0 heterocycles. The summed E-state index contributed by atoms with van der Waals surface area (Å²) in [6, 6.07) is 0.947. The van der Waals surface area contributed by atoms with Crippen LogP contribution in [0.3, 0.4) is 0 Å². The van der Waals surface area contributed by atoms with Crippen molar-refractivity contribution in [2.75, 3.05) is 35.2 Å². The zero-order valence-corrected chi connectivity index (χ0v) is 47.8. The molecule has 0 aliphatic heterocycles. The Morgan fingerprint density at radius 2 is 0.623 bits per heavy atom. The molecule has 0 fully saturated rings. The lowest BCUT2D eigenvalue weighted by Gasteiger charge is -2.41. The van der Waals surface area contributed by atoms with E-state index in [-0.39, 0.29) is 57.3 Å². The van der Waals surface area contributed by atoms with E-state index in [2.05, 4.69) is 109 Å². The molecule has 0 aromatic carbocycles. The Bertz CT molecular complexity index is 1300. The lowest BCUT2D eigenvalue weighted by Crippen LogP contribution is -2.50. The third-order valence-electron chi connectivity index (χ3n) is 14.1. The van der Waals surface area contributed by atoms with E-state index in [1.54, 1.807) is 25.8 Å². The molecule has 0 atom stereocenters. The van der Waals surface area contributed by atoms with Crippen LogP contribution in [0.4, 0.5) is 0 Å². The Morgan fingerprint density at radius 1 is 0.377 bits per heavy atom. The molecule has 0 aliphatic rings. The molecule has 61 heavy (non-hydrogen) atoms. The highest BCUT2D eigenvalue weighted by molar-refractivity contribution is 7.89. The number of hydrogen-bond donors (Lipinski definition) is 0. The van der Waals surface area contributed by atoms with Gasteiger partial charge in [-0.05, 0) is 128 Å². The zero-order chi connectivity index (χ0) is 50.9. The Kier molecular flexibility index (Phi) is 31.6. The van der Waals surface area contributed by atoms with Gasteiger partial charge in [0.2, 0.25) is 27.7 Å². The van der Waals surface area contributed by atoms with Gasteiger partial charge in [0.15, 0.2) is 0 Å². The van der Waals surface area contributed by atoms with E-state index in [9.17, 15) is 22.8 Å². The molecule has 0 bridgehead atoms. The van der Waals surface area contributed by atoms with Gasteiger partial charge in [-0.15, -0.1) is 0 Å². The third-order valence-corrected chi connectivity index (χ3v) is 16.5. The van der Waals surface area contributed by atoms with Crippen LogP contribution < -0.4 is 0 Å². The smallest absolute Gasteiger partial charge is 0.225 e. The fourth-order valence-electron chi connectivity index (χ4n) is 4.86. The molecule has 0 N–H and O–H groups in total. The minimum atomic E-state index is -3.15. The molecule has 3 amide bonds. The highest BCUT2D eigenvalue weighted by Crippen LogP contribution is 2.28. The Morgan fingerprint density at radius 3 is 0.754 bits per heavy atom. The average Bonchev–Trinajstić information content (AvgIpc) is 3.12. The number of carbonyl (C=O) groups is 3. The first-order chi connectivity index (χ1) is 26.7. The monoisotopic (exact) mass is 892 g/mol. The fraction of sp³-hybridized carbons (Fsp3) is 0.940. The maximum atomic E-state index is 11.9. The van der Waals surface area contributed by atoms with Gasteiger partial charge in [0.25, 0.3) is 0 Å². The number of carbonyl (C=O) groups excluding carboxylic acids is 3. The predicted octanol–water partition coefficient (Wildman–Crippen LogP) is 11.4. The molecule has 0 aromatic rings. The molecule has 0 aromatic heterocycles. The van der Waals surface area contributed by atoms with E-state index in [0.717, 1.165) is 0 Å². The first kappa shape index (κ1) is 68.3. The van der Waals surface area contributed by atoms with Crippen molar-refractivity contribution in [2.24, 2.45) is 41.4 Å². The normalized spacial score (nSPS) is 12.8. The molecule has 10 nitrogen and oxygen atoms in total. The van der Waals surface area contributed by atoms with Gasteiger partial charge < -0.3 is 14.7 Å². The minimum absolute atomic E-state index is 0.0542. The lowest BCUT2D eigenvalue weighted by molar-refractivity contribution is -0.140. The van der Waals surface area contributed by atoms with Crippen molar-refractivity contribution in [3.63, 3.8) is 0 Å². The summed E-state index contributed by atoms with van der Waals surface area (Å²) in [4.78, 5) is 42.6. The SMILES string of the molecule is CC(C)C(=O)N(C)C(C)(C)C(C)C.CC(C)C(=O)N(C)C(C)(C)C(C)C.CC(C)C(=O)N(C)C(C)C.CC(C)C(C)(C)N(C)S(=O)(=O)C(C)C.CC(C)N(C)C(C)(C)C(C)C. The molecule has 0 radical (unpaired) electrons. The van der Waals surface area contributed by atoms with E-state index in [0.29, 0.717) is 41.3 Å². The van der Waals surface area contributed by atoms with Gasteiger partial charge in [-0.3, -0.25) is 19.3 Å². The standard InChI is InChI=1S/2C11H23NO.C10H23NO2S.C10H23N.C8H17NO/c2*1-8(2)10(13)12(7)11(5,6)9(3)4;1-8(2)10(5,6)11(7)14(12,13)9(3)4;1-8(2)10(5,6)11(7)9(3)4;1-6(2)8(10)9(5)7(3)4/h2*8-9H,1-7H3;8-9H,1-7H3;8-9H,1-7H3;6-7H,1-5H3. The van der Waals surface area contributed by atoms with Crippen LogP contribution in [0, 0.1) is 41.4 Å². The number of amides is 3. The molecule has 0 spiro atoms. The van der Waals surface area contributed by atoms with Crippen molar-refractivity contribution >= 4 is 27.7 Å². The second kappa shape index (κ2) is 28.2. The van der Waals surface area contributed by atoms with Crippen molar-refractivity contribution in [3.05, 3.63) is 0 Å². The molecule has 0 aliphatic carbocycles. The number of nitrogens with zero attached hydrogens (tertiary/aromatic N) is 5. The zero-order valence-electron chi connectivity index (χ0n) is 47.0. The van der Waals surface area contributed by atoms with Crippen LogP contribution in [0.15, 0.2) is 0 Å². The van der Waals surface area contributed by atoms with E-state index in [1.807, 2.05) is 114 Å². The number of rotatable bonds is 15. The molecule has 0 unspecified atom stereocenters. The quantitative estimate of drug-likeness (QED) is 0.162. The molecule has 0 saturated carbocycles. The number of sulfonamides is 1. The maximum absolute atomic E-state index is 11.9. The summed E-state index contributed by atoms with van der Waals surface area (Å²) in [5, 5.41) is -0.356. The summed E-state index contributed by atoms with van der Waals surface area (Å²) in [5.74, 6) is 2.89. The lowest BCUT2D eigenvalue weighted by atomic mass is 9.88. The van der Waals surface area contributed by atoms with E-state index >= 15 is 0 Å². The van der Waals surface area contributed by atoms with Gasteiger partial charge in [-0.25, -0.2) is 8.42 Å². The summed E-state index contributed by atoms with van der Waals surface area (Å²) >= 11 is 0. The van der Waals surface area contributed by atoms with Crippen LogP contribution in [-0.4, -0.2) is 125 Å². The minimum Gasteiger partial charge on any atom is -0.343 e. The molecular formula is C50H109N5O5S. The molecular weight excluding hydrogens is 783 g/mol. The van der Waals surface area contributed by atoms with Gasteiger partial charge in [0.1, 0.15) is 0 Å². The van der Waals surface area contributed by atoms with Crippen molar-refractivity contribution in [1.29, 1.82) is 0 Å². The Hall–Kier alpha value is -1.72. The summed E-state index contributed by atoms with van der Waals surface area (Å²) in [6.45, 7) is 57.7. The first-order valence-corrected chi connectivity index (χ1v) is 24.8. The highest BCUT2D eigenvalue weighted by atomic mass is 32.2. The van der Waals surface area contributed by atoms with Gasteiger partial charge in [-0.2, -0.15) is 4.31 Å². The predicted molar refractivity (Wildman–Crippen MR) is 268 cm³/mol. The van der Waals surface area contributed by atoms with Crippen molar-refractivity contribution in [1.82, 2.24) is 23.9 Å². The van der Waals surface area contributed by atoms with Crippen molar-refractivity contribution in [3.8, 4) is 0 Å². The van der Waals surface area contributed by atoms with Crippen molar-refractivity contribution < 1.29 is 22.8 Å².